The molecule has 0 N–H and O–H groups in total. The summed E-state index contributed by atoms with van der Waals surface area (Å²) in [5, 5.41) is 0. The van der Waals surface area contributed by atoms with Crippen molar-refractivity contribution in [3.05, 3.63) is 120 Å². The van der Waals surface area contributed by atoms with Gasteiger partial charge in [-0.3, -0.25) is 0 Å². The van der Waals surface area contributed by atoms with Crippen LogP contribution in [0.4, 0.5) is 0 Å². The van der Waals surface area contributed by atoms with Crippen LogP contribution in [-0.2, 0) is 5.41 Å². The Morgan fingerprint density at radius 1 is 0.571 bits per heavy atom. The maximum atomic E-state index is 2.41. The molecule has 0 nitrogen and oxygen atoms in total. The first kappa shape index (κ1) is 17.0. The van der Waals surface area contributed by atoms with E-state index < -0.39 is 0 Å². The quantitative estimate of drug-likeness (QED) is 0.354. The van der Waals surface area contributed by atoms with Crippen molar-refractivity contribution in [3.8, 4) is 22.3 Å². The average molecular weight is 361 g/mol. The first-order chi connectivity index (χ1) is 13.7. The minimum absolute atomic E-state index is 0.222. The van der Waals surface area contributed by atoms with Crippen LogP contribution in [0.5, 0.6) is 0 Å². The maximum Gasteiger partial charge on any atom is 0.00000170 e. The largest absolute Gasteiger partial charge is 0.0622 e. The Bertz CT molecular complexity index is 1090. The summed E-state index contributed by atoms with van der Waals surface area (Å²) in [4.78, 5) is 0. The smallest absolute Gasteiger partial charge is 0.00000170 e. The van der Waals surface area contributed by atoms with E-state index in [2.05, 4.69) is 116 Å². The van der Waals surface area contributed by atoms with Gasteiger partial charge < -0.3 is 0 Å². The second-order valence-electron chi connectivity index (χ2n) is 8.11. The van der Waals surface area contributed by atoms with Gasteiger partial charge in [-0.15, -0.1) is 0 Å². The van der Waals surface area contributed by atoms with Crippen LogP contribution in [-0.4, -0.2) is 0 Å². The van der Waals surface area contributed by atoms with E-state index in [4.69, 9.17) is 0 Å². The molecule has 0 unspecified atom stereocenters. The molecule has 0 heterocycles. The van der Waals surface area contributed by atoms with Crippen LogP contribution in [0.15, 0.2) is 109 Å². The predicted molar refractivity (Wildman–Crippen MR) is 118 cm³/mol. The van der Waals surface area contributed by atoms with Gasteiger partial charge in [-0.05, 0) is 45.7 Å². The lowest BCUT2D eigenvalue weighted by molar-refractivity contribution is 0.749. The lowest BCUT2D eigenvalue weighted by Gasteiger charge is -2.15. The van der Waals surface area contributed by atoms with Crippen molar-refractivity contribution in [1.29, 1.82) is 0 Å². The molecule has 4 aromatic carbocycles. The highest BCUT2D eigenvalue weighted by Crippen LogP contribution is 2.60. The second-order valence-corrected chi connectivity index (χ2v) is 8.11. The molecule has 1 aliphatic rings. The first-order valence-electron chi connectivity index (χ1n) is 10.1. The van der Waals surface area contributed by atoms with E-state index in [0.717, 1.165) is 0 Å². The molecule has 1 fully saturated rings. The van der Waals surface area contributed by atoms with E-state index in [-0.39, 0.29) is 5.41 Å². The second kappa shape index (κ2) is 6.80. The zero-order valence-corrected chi connectivity index (χ0v) is 16.2. The summed E-state index contributed by atoms with van der Waals surface area (Å²) in [7, 11) is 0. The van der Waals surface area contributed by atoms with Crippen LogP contribution in [0, 0.1) is 0 Å². The Labute approximate surface area is 167 Å². The highest BCUT2D eigenvalue weighted by molar-refractivity contribution is 5.67. The third kappa shape index (κ3) is 3.05. The van der Waals surface area contributed by atoms with Crippen molar-refractivity contribution in [1.82, 2.24) is 0 Å². The lowest BCUT2D eigenvalue weighted by atomic mass is 9.89. The fourth-order valence-corrected chi connectivity index (χ4v) is 4.42. The molecule has 0 spiro atoms. The molecular formula is C28H24. The molecule has 2 atom stereocenters. The van der Waals surface area contributed by atoms with Gasteiger partial charge in [0, 0.05) is 5.41 Å². The van der Waals surface area contributed by atoms with Crippen LogP contribution in [0.3, 0.4) is 0 Å². The van der Waals surface area contributed by atoms with E-state index in [9.17, 15) is 0 Å². The molecule has 0 aliphatic heterocycles. The molecule has 0 bridgehead atoms. The van der Waals surface area contributed by atoms with Crippen LogP contribution < -0.4 is 0 Å². The lowest BCUT2D eigenvalue weighted by Crippen LogP contribution is -2.04. The molecule has 136 valence electrons. The molecule has 0 radical (unpaired) electrons. The third-order valence-corrected chi connectivity index (χ3v) is 6.26. The summed E-state index contributed by atoms with van der Waals surface area (Å²) in [6, 6.07) is 39.6. The van der Waals surface area contributed by atoms with Gasteiger partial charge in [-0.2, -0.15) is 0 Å². The Hall–Kier alpha value is -3.12. The van der Waals surface area contributed by atoms with E-state index in [1.54, 1.807) is 0 Å². The van der Waals surface area contributed by atoms with Crippen molar-refractivity contribution in [2.45, 2.75) is 24.7 Å². The molecule has 0 aromatic heterocycles. The summed E-state index contributed by atoms with van der Waals surface area (Å²) in [5.74, 6) is 0.585. The number of rotatable bonds is 4. The van der Waals surface area contributed by atoms with Gasteiger partial charge >= 0.3 is 0 Å². The highest BCUT2D eigenvalue weighted by Gasteiger charge is 2.51. The third-order valence-electron chi connectivity index (χ3n) is 6.26. The molecule has 0 saturated heterocycles. The minimum atomic E-state index is 0.222. The SMILES string of the molecule is C[C@]1(c2cccc(-c3ccccc3)c2)C[C@@H]1c1cccc(-c2ccccc2)c1. The molecule has 1 saturated carbocycles. The Balaban J connectivity index is 1.45. The molecule has 4 aromatic rings. The normalized spacial score (nSPS) is 20.7. The summed E-state index contributed by atoms with van der Waals surface area (Å²) in [6.07, 6.45) is 1.21. The van der Waals surface area contributed by atoms with Gasteiger partial charge in [-0.1, -0.05) is 116 Å². The van der Waals surface area contributed by atoms with Crippen molar-refractivity contribution in [2.75, 3.05) is 0 Å². The van der Waals surface area contributed by atoms with Crippen molar-refractivity contribution < 1.29 is 0 Å². The number of hydrogen-bond acceptors (Lipinski definition) is 0. The zero-order chi connectivity index (χ0) is 19.0. The molecule has 5 rings (SSSR count). The molecule has 0 heteroatoms. The predicted octanol–water partition coefficient (Wildman–Crippen LogP) is 7.47. The molecule has 28 heavy (non-hydrogen) atoms. The van der Waals surface area contributed by atoms with E-state index >= 15 is 0 Å². The highest BCUT2D eigenvalue weighted by atomic mass is 14.5. The van der Waals surface area contributed by atoms with Crippen molar-refractivity contribution in [2.24, 2.45) is 0 Å². The Kier molecular flexibility index (Phi) is 4.13. The fourth-order valence-electron chi connectivity index (χ4n) is 4.42. The van der Waals surface area contributed by atoms with Crippen molar-refractivity contribution in [3.63, 3.8) is 0 Å². The topological polar surface area (TPSA) is 0 Å². The average Bonchev–Trinajstić information content (AvgIpc) is 3.48. The summed E-state index contributed by atoms with van der Waals surface area (Å²) in [5.41, 5.74) is 8.32. The van der Waals surface area contributed by atoms with Crippen LogP contribution in [0.2, 0.25) is 0 Å². The van der Waals surface area contributed by atoms with E-state index in [1.807, 2.05) is 0 Å². The Morgan fingerprint density at radius 3 is 1.75 bits per heavy atom. The van der Waals surface area contributed by atoms with Crippen molar-refractivity contribution >= 4 is 0 Å². The molecular weight excluding hydrogens is 336 g/mol. The van der Waals surface area contributed by atoms with Crippen LogP contribution in [0.1, 0.15) is 30.4 Å². The monoisotopic (exact) mass is 360 g/mol. The van der Waals surface area contributed by atoms with Gasteiger partial charge in [0.05, 0.1) is 0 Å². The van der Waals surface area contributed by atoms with Gasteiger partial charge in [0.25, 0.3) is 0 Å². The molecule has 1 aliphatic carbocycles. The van der Waals surface area contributed by atoms with E-state index in [0.29, 0.717) is 5.92 Å². The van der Waals surface area contributed by atoms with Crippen LogP contribution >= 0.6 is 0 Å². The summed E-state index contributed by atoms with van der Waals surface area (Å²) < 4.78 is 0. The van der Waals surface area contributed by atoms with Gasteiger partial charge in [0.2, 0.25) is 0 Å². The standard InChI is InChI=1S/C28H24/c1-28(26-17-9-15-24(19-26)22-12-6-3-7-13-22)20-27(28)25-16-8-14-23(18-25)21-10-4-2-5-11-21/h2-19,27H,20H2,1H3/t27-,28-/m1/s1. The first-order valence-corrected chi connectivity index (χ1v) is 10.1. The summed E-state index contributed by atoms with van der Waals surface area (Å²) in [6.45, 7) is 2.41. The van der Waals surface area contributed by atoms with Gasteiger partial charge in [0.1, 0.15) is 0 Å². The summed E-state index contributed by atoms with van der Waals surface area (Å²) >= 11 is 0. The van der Waals surface area contributed by atoms with Gasteiger partial charge in [-0.25, -0.2) is 0 Å². The number of benzene rings is 4. The minimum Gasteiger partial charge on any atom is -0.0622 e. The van der Waals surface area contributed by atoms with Gasteiger partial charge in [0.15, 0.2) is 0 Å². The van der Waals surface area contributed by atoms with Crippen LogP contribution in [0.25, 0.3) is 22.3 Å². The molecule has 0 amide bonds. The maximum absolute atomic E-state index is 2.41. The Morgan fingerprint density at radius 2 is 1.11 bits per heavy atom. The zero-order valence-electron chi connectivity index (χ0n) is 16.2. The van der Waals surface area contributed by atoms with E-state index in [1.165, 1.54) is 39.8 Å². The number of hydrogen-bond donors (Lipinski definition) is 0. The fraction of sp³-hybridized carbons (Fsp3) is 0.143.